The predicted octanol–water partition coefficient (Wildman–Crippen LogP) is 2.08. The molecule has 3 N–H and O–H groups in total. The van der Waals surface area contributed by atoms with Crippen LogP contribution >= 0.6 is 11.8 Å². The maximum atomic E-state index is 12.0. The Kier molecular flexibility index (Phi) is 5.67. The SMILES string of the molecule is CC(CO)CSCC(NC1CC1)(C(=O)O)c1ccccc1. The molecule has 1 aliphatic carbocycles. The summed E-state index contributed by atoms with van der Waals surface area (Å²) in [5.41, 5.74) is -0.240. The molecule has 0 spiro atoms. The van der Waals surface area contributed by atoms with Gasteiger partial charge in [-0.2, -0.15) is 11.8 Å². The van der Waals surface area contributed by atoms with Gasteiger partial charge in [0.05, 0.1) is 0 Å². The van der Waals surface area contributed by atoms with Crippen molar-refractivity contribution >= 4 is 17.7 Å². The second-order valence-electron chi connectivity index (χ2n) is 5.80. The Hall–Kier alpha value is -1.04. The number of hydrogen-bond acceptors (Lipinski definition) is 4. The van der Waals surface area contributed by atoms with Gasteiger partial charge in [0, 0.05) is 18.4 Å². The normalized spacial score (nSPS) is 19.0. The monoisotopic (exact) mass is 309 g/mol. The summed E-state index contributed by atoms with van der Waals surface area (Å²) in [5, 5.41) is 22.3. The molecule has 2 unspecified atom stereocenters. The molecule has 116 valence electrons. The average molecular weight is 309 g/mol. The average Bonchev–Trinajstić information content (AvgIpc) is 3.30. The molecule has 0 saturated heterocycles. The number of carboxylic acids is 1. The topological polar surface area (TPSA) is 69.6 Å². The van der Waals surface area contributed by atoms with Crippen molar-refractivity contribution in [3.05, 3.63) is 35.9 Å². The van der Waals surface area contributed by atoms with Crippen LogP contribution in [0, 0.1) is 5.92 Å². The van der Waals surface area contributed by atoms with E-state index in [0.29, 0.717) is 11.8 Å². The second-order valence-corrected chi connectivity index (χ2v) is 6.83. The van der Waals surface area contributed by atoms with Gasteiger partial charge in [-0.1, -0.05) is 37.3 Å². The van der Waals surface area contributed by atoms with Crippen molar-refractivity contribution in [2.75, 3.05) is 18.1 Å². The first kappa shape index (κ1) is 16.3. The zero-order chi connectivity index (χ0) is 15.3. The van der Waals surface area contributed by atoms with E-state index in [1.54, 1.807) is 11.8 Å². The Morgan fingerprint density at radius 1 is 1.43 bits per heavy atom. The van der Waals surface area contributed by atoms with Crippen LogP contribution in [-0.2, 0) is 10.3 Å². The number of carboxylic acid groups (broad SMARTS) is 1. The van der Waals surface area contributed by atoms with Crippen LogP contribution in [0.5, 0.6) is 0 Å². The van der Waals surface area contributed by atoms with E-state index in [1.165, 1.54) is 0 Å². The molecule has 1 fully saturated rings. The Morgan fingerprint density at radius 3 is 2.62 bits per heavy atom. The van der Waals surface area contributed by atoms with Crippen molar-refractivity contribution in [3.63, 3.8) is 0 Å². The molecule has 1 aromatic carbocycles. The number of aliphatic hydroxyl groups is 1. The minimum absolute atomic E-state index is 0.133. The number of thioether (sulfide) groups is 1. The molecule has 5 heteroatoms. The van der Waals surface area contributed by atoms with E-state index in [1.807, 2.05) is 37.3 Å². The van der Waals surface area contributed by atoms with Gasteiger partial charge in [-0.05, 0) is 30.1 Å². The molecule has 4 nitrogen and oxygen atoms in total. The van der Waals surface area contributed by atoms with Crippen molar-refractivity contribution in [1.82, 2.24) is 5.32 Å². The van der Waals surface area contributed by atoms with Gasteiger partial charge in [0.1, 0.15) is 0 Å². The van der Waals surface area contributed by atoms with Gasteiger partial charge in [-0.25, -0.2) is 4.79 Å². The Labute approximate surface area is 129 Å². The maximum absolute atomic E-state index is 12.0. The molecule has 0 heterocycles. The van der Waals surface area contributed by atoms with Gasteiger partial charge in [0.25, 0.3) is 0 Å². The summed E-state index contributed by atoms with van der Waals surface area (Å²) in [6.07, 6.45) is 2.08. The Bertz CT molecular complexity index is 464. The molecule has 0 aromatic heterocycles. The zero-order valence-corrected chi connectivity index (χ0v) is 13.1. The third-order valence-electron chi connectivity index (χ3n) is 3.69. The van der Waals surface area contributed by atoms with Crippen LogP contribution in [0.15, 0.2) is 30.3 Å². The fourth-order valence-corrected chi connectivity index (χ4v) is 3.53. The van der Waals surface area contributed by atoms with Crippen LogP contribution < -0.4 is 5.32 Å². The van der Waals surface area contributed by atoms with Gasteiger partial charge in [-0.3, -0.25) is 5.32 Å². The van der Waals surface area contributed by atoms with Crippen molar-refractivity contribution in [2.24, 2.45) is 5.92 Å². The van der Waals surface area contributed by atoms with E-state index in [-0.39, 0.29) is 12.5 Å². The van der Waals surface area contributed by atoms with Crippen LogP contribution in [0.1, 0.15) is 25.3 Å². The molecule has 2 rings (SSSR count). The van der Waals surface area contributed by atoms with Gasteiger partial charge in [-0.15, -0.1) is 0 Å². The highest BCUT2D eigenvalue weighted by molar-refractivity contribution is 7.99. The van der Waals surface area contributed by atoms with Crippen molar-refractivity contribution in [3.8, 4) is 0 Å². The lowest BCUT2D eigenvalue weighted by Crippen LogP contribution is -2.52. The fourth-order valence-electron chi connectivity index (χ4n) is 2.22. The van der Waals surface area contributed by atoms with Crippen LogP contribution in [0.25, 0.3) is 0 Å². The van der Waals surface area contributed by atoms with Crippen molar-refractivity contribution < 1.29 is 15.0 Å². The number of carbonyl (C=O) groups is 1. The smallest absolute Gasteiger partial charge is 0.329 e. The Balaban J connectivity index is 2.17. The number of rotatable bonds is 9. The van der Waals surface area contributed by atoms with Gasteiger partial charge in [0.2, 0.25) is 0 Å². The number of nitrogens with one attached hydrogen (secondary N) is 1. The molecular formula is C16H23NO3S. The van der Waals surface area contributed by atoms with Gasteiger partial charge >= 0.3 is 5.97 Å². The number of benzene rings is 1. The first-order valence-corrected chi connectivity index (χ1v) is 8.49. The lowest BCUT2D eigenvalue weighted by Gasteiger charge is -2.31. The first-order valence-electron chi connectivity index (χ1n) is 7.33. The van der Waals surface area contributed by atoms with Crippen LogP contribution in [-0.4, -0.2) is 40.3 Å². The minimum atomic E-state index is -1.04. The molecule has 1 aliphatic rings. The number of hydrogen-bond donors (Lipinski definition) is 3. The molecule has 0 amide bonds. The fraction of sp³-hybridized carbons (Fsp3) is 0.562. The van der Waals surface area contributed by atoms with Crippen LogP contribution in [0.4, 0.5) is 0 Å². The molecule has 0 radical (unpaired) electrons. The van der Waals surface area contributed by atoms with Crippen molar-refractivity contribution in [1.29, 1.82) is 0 Å². The summed E-state index contributed by atoms with van der Waals surface area (Å²) in [7, 11) is 0. The summed E-state index contributed by atoms with van der Waals surface area (Å²) in [4.78, 5) is 12.0. The third-order valence-corrected chi connectivity index (χ3v) is 5.13. The van der Waals surface area contributed by atoms with E-state index in [0.717, 1.165) is 24.2 Å². The molecule has 2 atom stereocenters. The Morgan fingerprint density at radius 2 is 2.10 bits per heavy atom. The van der Waals surface area contributed by atoms with Crippen molar-refractivity contribution in [2.45, 2.75) is 31.3 Å². The highest BCUT2D eigenvalue weighted by Gasteiger charge is 2.44. The minimum Gasteiger partial charge on any atom is -0.480 e. The largest absolute Gasteiger partial charge is 0.480 e. The van der Waals surface area contributed by atoms with Gasteiger partial charge < -0.3 is 10.2 Å². The van der Waals surface area contributed by atoms with Crippen LogP contribution in [0.2, 0.25) is 0 Å². The summed E-state index contributed by atoms with van der Waals surface area (Å²) < 4.78 is 0. The molecular weight excluding hydrogens is 286 g/mol. The van der Waals surface area contributed by atoms with E-state index >= 15 is 0 Å². The third kappa shape index (κ3) is 4.22. The summed E-state index contributed by atoms with van der Waals surface area (Å²) in [6, 6.07) is 9.70. The quantitative estimate of drug-likeness (QED) is 0.651. The van der Waals surface area contributed by atoms with E-state index in [2.05, 4.69) is 5.32 Å². The van der Waals surface area contributed by atoms with E-state index in [4.69, 9.17) is 5.11 Å². The summed E-state index contributed by atoms with van der Waals surface area (Å²) in [6.45, 7) is 2.10. The lowest BCUT2D eigenvalue weighted by molar-refractivity contribution is -0.144. The summed E-state index contributed by atoms with van der Waals surface area (Å²) >= 11 is 1.58. The molecule has 21 heavy (non-hydrogen) atoms. The van der Waals surface area contributed by atoms with Gasteiger partial charge in [0.15, 0.2) is 5.54 Å². The van der Waals surface area contributed by atoms with E-state index in [9.17, 15) is 9.90 Å². The molecule has 1 saturated carbocycles. The second kappa shape index (κ2) is 7.29. The highest BCUT2D eigenvalue weighted by Crippen LogP contribution is 2.32. The molecule has 0 bridgehead atoms. The molecule has 0 aliphatic heterocycles. The van der Waals surface area contributed by atoms with Crippen LogP contribution in [0.3, 0.4) is 0 Å². The zero-order valence-electron chi connectivity index (χ0n) is 12.3. The molecule has 1 aromatic rings. The number of aliphatic hydroxyl groups excluding tert-OH is 1. The maximum Gasteiger partial charge on any atom is 0.329 e. The first-order chi connectivity index (χ1) is 10.1. The van der Waals surface area contributed by atoms with E-state index < -0.39 is 11.5 Å². The standard InChI is InChI=1S/C16H23NO3S/c1-12(9-18)10-21-11-16(15(19)20,17-14-7-8-14)13-5-3-2-4-6-13/h2-6,12,14,17-18H,7-11H2,1H3,(H,19,20). The summed E-state index contributed by atoms with van der Waals surface area (Å²) in [5.74, 6) is 0.570. The lowest BCUT2D eigenvalue weighted by atomic mass is 9.91. The predicted molar refractivity (Wildman–Crippen MR) is 85.5 cm³/mol. The number of aliphatic carboxylic acids is 1. The highest BCUT2D eigenvalue weighted by atomic mass is 32.2.